The summed E-state index contributed by atoms with van der Waals surface area (Å²) >= 11 is 5.88. The van der Waals surface area contributed by atoms with Gasteiger partial charge in [0.05, 0.1) is 6.54 Å². The van der Waals surface area contributed by atoms with E-state index >= 15 is 0 Å². The molecule has 1 fully saturated rings. The van der Waals surface area contributed by atoms with E-state index in [9.17, 15) is 24.9 Å². The van der Waals surface area contributed by atoms with Gasteiger partial charge >= 0.3 is 11.9 Å². The van der Waals surface area contributed by atoms with Crippen molar-refractivity contribution in [1.29, 1.82) is 0 Å². The molecule has 0 aliphatic heterocycles. The van der Waals surface area contributed by atoms with Gasteiger partial charge in [0.2, 0.25) is 0 Å². The molecule has 2 aromatic rings. The molecule has 0 unspecified atom stereocenters. The van der Waals surface area contributed by atoms with E-state index < -0.39 is 28.9 Å². The minimum absolute atomic E-state index is 0.166. The van der Waals surface area contributed by atoms with Crippen molar-refractivity contribution in [1.82, 2.24) is 14.8 Å². The van der Waals surface area contributed by atoms with Crippen LogP contribution in [0.1, 0.15) is 18.4 Å². The van der Waals surface area contributed by atoms with E-state index in [0.29, 0.717) is 11.4 Å². The van der Waals surface area contributed by atoms with Gasteiger partial charge in [0.15, 0.2) is 5.41 Å². The highest BCUT2D eigenvalue weighted by Crippen LogP contribution is 2.52. The van der Waals surface area contributed by atoms with Crippen LogP contribution in [-0.2, 0) is 22.6 Å². The number of carbonyl (C=O) groups is 2. The van der Waals surface area contributed by atoms with Crippen molar-refractivity contribution in [3.8, 4) is 0 Å². The number of aliphatic hydroxyl groups is 1. The molecule has 0 amide bonds. The van der Waals surface area contributed by atoms with E-state index in [2.05, 4.69) is 10.1 Å². The van der Waals surface area contributed by atoms with E-state index in [-0.39, 0.29) is 19.4 Å². The van der Waals surface area contributed by atoms with Crippen LogP contribution in [0.25, 0.3) is 0 Å². The fourth-order valence-corrected chi connectivity index (χ4v) is 4.00. The van der Waals surface area contributed by atoms with Gasteiger partial charge in [-0.15, -0.1) is 0 Å². The minimum atomic E-state index is -2.31. The third kappa shape index (κ3) is 2.85. The Kier molecular flexibility index (Phi) is 4.72. The van der Waals surface area contributed by atoms with Crippen molar-refractivity contribution >= 4 is 23.5 Å². The molecule has 0 bridgehead atoms. The van der Waals surface area contributed by atoms with Crippen LogP contribution in [0.2, 0.25) is 5.02 Å². The second-order valence-corrected chi connectivity index (χ2v) is 7.04. The Labute approximate surface area is 154 Å². The number of hydrogen-bond acceptors (Lipinski definition) is 5. The molecule has 1 aliphatic carbocycles. The largest absolute Gasteiger partial charge is 0.480 e. The zero-order valence-electron chi connectivity index (χ0n) is 13.7. The lowest BCUT2D eigenvalue weighted by atomic mass is 9.70. The van der Waals surface area contributed by atoms with E-state index in [0.717, 1.165) is 5.56 Å². The predicted molar refractivity (Wildman–Crippen MR) is 90.6 cm³/mol. The first kappa shape index (κ1) is 18.3. The van der Waals surface area contributed by atoms with Gasteiger partial charge in [0.25, 0.3) is 0 Å². The number of rotatable bonds is 6. The number of carboxylic acid groups (broad SMARTS) is 2. The summed E-state index contributed by atoms with van der Waals surface area (Å²) in [5.41, 5.74) is -3.50. The van der Waals surface area contributed by atoms with Crippen LogP contribution in [0.15, 0.2) is 36.9 Å². The van der Waals surface area contributed by atoms with Gasteiger partial charge in [-0.3, -0.25) is 14.3 Å². The molecule has 8 nitrogen and oxygen atoms in total. The van der Waals surface area contributed by atoms with Crippen LogP contribution in [-0.4, -0.2) is 47.6 Å². The Balaban J connectivity index is 2.01. The number of benzene rings is 1. The Bertz CT molecular complexity index is 794. The fraction of sp³-hybridized carbons (Fsp3) is 0.412. The molecule has 1 heterocycles. The smallest absolute Gasteiger partial charge is 0.324 e. The summed E-state index contributed by atoms with van der Waals surface area (Å²) in [5, 5.41) is 35.3. The molecule has 0 spiro atoms. The number of nitrogens with zero attached hydrogens (tertiary/aromatic N) is 3. The first-order valence-electron chi connectivity index (χ1n) is 8.05. The minimum Gasteiger partial charge on any atom is -0.480 e. The van der Waals surface area contributed by atoms with Gasteiger partial charge < -0.3 is 15.3 Å². The highest BCUT2D eigenvalue weighted by atomic mass is 35.5. The van der Waals surface area contributed by atoms with Gasteiger partial charge in [-0.25, -0.2) is 4.98 Å². The summed E-state index contributed by atoms with van der Waals surface area (Å²) in [6.07, 6.45) is 2.98. The lowest BCUT2D eigenvalue weighted by Crippen LogP contribution is -2.59. The summed E-state index contributed by atoms with van der Waals surface area (Å²) < 4.78 is 1.26. The Morgan fingerprint density at radius 3 is 2.42 bits per heavy atom. The molecular formula is C17H18ClN3O5. The van der Waals surface area contributed by atoms with Crippen LogP contribution >= 0.6 is 11.6 Å². The van der Waals surface area contributed by atoms with Crippen molar-refractivity contribution < 1.29 is 24.9 Å². The second kappa shape index (κ2) is 6.69. The molecule has 26 heavy (non-hydrogen) atoms. The van der Waals surface area contributed by atoms with E-state index in [1.54, 1.807) is 24.3 Å². The molecular weight excluding hydrogens is 362 g/mol. The van der Waals surface area contributed by atoms with Crippen molar-refractivity contribution in [2.75, 3.05) is 0 Å². The lowest BCUT2D eigenvalue weighted by molar-refractivity contribution is -0.188. The first-order chi connectivity index (χ1) is 12.3. The van der Waals surface area contributed by atoms with Crippen molar-refractivity contribution in [2.24, 2.45) is 11.3 Å². The summed E-state index contributed by atoms with van der Waals surface area (Å²) in [6.45, 7) is -0.274. The molecule has 1 aromatic carbocycles. The first-order valence-corrected chi connectivity index (χ1v) is 8.43. The summed E-state index contributed by atoms with van der Waals surface area (Å²) in [5.74, 6) is -3.68. The van der Waals surface area contributed by atoms with Crippen molar-refractivity contribution in [2.45, 2.75) is 31.4 Å². The van der Waals surface area contributed by atoms with E-state index in [1.165, 1.54) is 17.3 Å². The van der Waals surface area contributed by atoms with Gasteiger partial charge in [0.1, 0.15) is 18.3 Å². The zero-order valence-corrected chi connectivity index (χ0v) is 14.5. The van der Waals surface area contributed by atoms with Crippen molar-refractivity contribution in [3.05, 3.63) is 47.5 Å². The lowest BCUT2D eigenvalue weighted by Gasteiger charge is -2.39. The number of halogens is 1. The Hall–Kier alpha value is -2.45. The maximum atomic E-state index is 11.9. The van der Waals surface area contributed by atoms with Crippen LogP contribution < -0.4 is 0 Å². The number of carboxylic acids is 2. The quantitative estimate of drug-likeness (QED) is 0.649. The molecule has 0 radical (unpaired) electrons. The van der Waals surface area contributed by atoms with Crippen LogP contribution in [0.5, 0.6) is 0 Å². The third-order valence-electron chi connectivity index (χ3n) is 5.28. The maximum absolute atomic E-state index is 11.9. The fourth-order valence-electron chi connectivity index (χ4n) is 3.87. The van der Waals surface area contributed by atoms with Crippen LogP contribution in [0.4, 0.5) is 0 Å². The third-order valence-corrected chi connectivity index (χ3v) is 5.53. The molecule has 9 heteroatoms. The summed E-state index contributed by atoms with van der Waals surface area (Å²) in [4.78, 5) is 27.7. The molecule has 2 atom stereocenters. The molecule has 3 N–H and O–H groups in total. The molecule has 1 saturated carbocycles. The average molecular weight is 380 g/mol. The zero-order chi connectivity index (χ0) is 18.9. The summed E-state index contributed by atoms with van der Waals surface area (Å²) in [7, 11) is 0. The number of hydrogen-bond donors (Lipinski definition) is 3. The standard InChI is InChI=1S/C17H18ClN3O5/c18-13-3-1-11(2-4-13)7-12-5-6-16(14(22)23,15(24)25)17(12,26)8-21-10-19-9-20-21/h1-4,9-10,12,26H,5-8H2,(H,22,23)(H,24,25)/t12-,17+/m1/s1. The predicted octanol–water partition coefficient (Wildman–Crippen LogP) is 1.47. The topological polar surface area (TPSA) is 126 Å². The van der Waals surface area contributed by atoms with E-state index in [4.69, 9.17) is 11.6 Å². The highest BCUT2D eigenvalue weighted by Gasteiger charge is 2.68. The highest BCUT2D eigenvalue weighted by molar-refractivity contribution is 6.30. The molecule has 1 aromatic heterocycles. The van der Waals surface area contributed by atoms with Crippen LogP contribution in [0, 0.1) is 11.3 Å². The van der Waals surface area contributed by atoms with Crippen LogP contribution in [0.3, 0.4) is 0 Å². The van der Waals surface area contributed by atoms with Gasteiger partial charge in [-0.05, 0) is 42.9 Å². The number of aliphatic carboxylic acids is 2. The number of aromatic nitrogens is 3. The van der Waals surface area contributed by atoms with Gasteiger partial charge in [-0.1, -0.05) is 23.7 Å². The van der Waals surface area contributed by atoms with Gasteiger partial charge in [-0.2, -0.15) is 5.10 Å². The Morgan fingerprint density at radius 1 is 1.23 bits per heavy atom. The average Bonchev–Trinajstić information content (AvgIpc) is 3.17. The SMILES string of the molecule is O=C(O)C1(C(=O)O)CC[C@H](Cc2ccc(Cl)cc2)[C@@]1(O)Cn1cncn1. The molecule has 0 saturated heterocycles. The molecule has 3 rings (SSSR count). The van der Waals surface area contributed by atoms with Crippen molar-refractivity contribution in [3.63, 3.8) is 0 Å². The monoisotopic (exact) mass is 379 g/mol. The Morgan fingerprint density at radius 2 is 1.88 bits per heavy atom. The van der Waals surface area contributed by atoms with E-state index in [1.807, 2.05) is 0 Å². The van der Waals surface area contributed by atoms with Gasteiger partial charge in [0, 0.05) is 5.02 Å². The second-order valence-electron chi connectivity index (χ2n) is 6.60. The maximum Gasteiger partial charge on any atom is 0.324 e. The molecule has 138 valence electrons. The normalized spacial score (nSPS) is 24.5. The summed E-state index contributed by atoms with van der Waals surface area (Å²) in [6, 6.07) is 6.95. The molecule has 1 aliphatic rings.